The zero-order valence-corrected chi connectivity index (χ0v) is 22.2. The molecule has 1 saturated heterocycles. The van der Waals surface area contributed by atoms with Crippen LogP contribution in [0.5, 0.6) is 0 Å². The Kier molecular flexibility index (Phi) is 6.92. The summed E-state index contributed by atoms with van der Waals surface area (Å²) in [5.41, 5.74) is -0.227. The standard InChI is InChI=1S/C22H19ClFN7O5S2/c1-3-30-6-11(17(32)10-4-13(24)12(23)5-14(10)30)18(33)25-15-19(34)31-16(21(35)36)9(7-37-20(15)31)8-38-22-26-27-28-29(22)2/h4-6,15,20H,3,7-8H2,1-2H3,(H,25,33)(H,35,36)/t15?,20-/m0/s1. The van der Waals surface area contributed by atoms with Crippen LogP contribution in [0, 0.1) is 5.82 Å². The molecule has 2 atom stereocenters. The van der Waals surface area contributed by atoms with Crippen molar-refractivity contribution in [1.29, 1.82) is 0 Å². The fraction of sp³-hybridized carbons (Fsp3) is 0.318. The minimum Gasteiger partial charge on any atom is -0.477 e. The minimum atomic E-state index is -1.26. The number of nitrogens with one attached hydrogen (secondary N) is 1. The van der Waals surface area contributed by atoms with E-state index >= 15 is 0 Å². The largest absolute Gasteiger partial charge is 0.477 e. The molecule has 0 saturated carbocycles. The average molecular weight is 580 g/mol. The fourth-order valence-electron chi connectivity index (χ4n) is 4.32. The number of thioether (sulfide) groups is 2. The fourth-order valence-corrected chi connectivity index (χ4v) is 6.81. The number of carboxylic acid groups (broad SMARTS) is 1. The van der Waals surface area contributed by atoms with Crippen molar-refractivity contribution < 1.29 is 23.9 Å². The van der Waals surface area contributed by atoms with E-state index < -0.39 is 40.4 Å². The van der Waals surface area contributed by atoms with Gasteiger partial charge in [0.2, 0.25) is 10.6 Å². The van der Waals surface area contributed by atoms with Gasteiger partial charge in [0, 0.05) is 36.7 Å². The van der Waals surface area contributed by atoms with Crippen LogP contribution in [0.4, 0.5) is 4.39 Å². The molecule has 0 spiro atoms. The first-order valence-corrected chi connectivity index (χ1v) is 13.6. The summed E-state index contributed by atoms with van der Waals surface area (Å²) in [6, 6.07) is 1.27. The minimum absolute atomic E-state index is 0.0219. The molecule has 2 aliphatic heterocycles. The van der Waals surface area contributed by atoms with Gasteiger partial charge < -0.3 is 15.0 Å². The molecule has 4 heterocycles. The quantitative estimate of drug-likeness (QED) is 0.311. The molecule has 2 aromatic heterocycles. The van der Waals surface area contributed by atoms with Crippen LogP contribution in [-0.2, 0) is 23.2 Å². The normalized spacial score (nSPS) is 18.9. The molecule has 2 N–H and O–H groups in total. The molecule has 198 valence electrons. The van der Waals surface area contributed by atoms with Crippen molar-refractivity contribution in [3.05, 3.63) is 56.2 Å². The zero-order chi connectivity index (χ0) is 27.3. The van der Waals surface area contributed by atoms with Gasteiger partial charge >= 0.3 is 5.97 Å². The van der Waals surface area contributed by atoms with E-state index in [9.17, 15) is 28.7 Å². The summed E-state index contributed by atoms with van der Waals surface area (Å²) < 4.78 is 17.1. The second kappa shape index (κ2) is 10.0. The zero-order valence-electron chi connectivity index (χ0n) is 19.8. The van der Waals surface area contributed by atoms with Gasteiger partial charge in [-0.15, -0.1) is 16.9 Å². The predicted molar refractivity (Wildman–Crippen MR) is 137 cm³/mol. The Morgan fingerprint density at radius 3 is 2.76 bits per heavy atom. The number of pyridine rings is 1. The van der Waals surface area contributed by atoms with Gasteiger partial charge in [-0.05, 0) is 35.1 Å². The molecule has 5 rings (SSSR count). The van der Waals surface area contributed by atoms with Crippen LogP contribution in [0.3, 0.4) is 0 Å². The van der Waals surface area contributed by atoms with Crippen LogP contribution in [0.25, 0.3) is 10.9 Å². The molecule has 0 aliphatic carbocycles. The summed E-state index contributed by atoms with van der Waals surface area (Å²) >= 11 is 8.41. The number of carboxylic acids is 1. The lowest BCUT2D eigenvalue weighted by Gasteiger charge is -2.49. The van der Waals surface area contributed by atoms with E-state index in [0.29, 0.717) is 28.5 Å². The molecule has 1 fully saturated rings. The molecular formula is C22H19ClFN7O5S2. The number of fused-ring (bicyclic) bond motifs is 2. The lowest BCUT2D eigenvalue weighted by atomic mass is 10.0. The predicted octanol–water partition coefficient (Wildman–Crippen LogP) is 1.48. The maximum absolute atomic E-state index is 14.1. The number of benzene rings is 1. The second-order valence-electron chi connectivity index (χ2n) is 8.43. The Bertz CT molecular complexity index is 1610. The SMILES string of the molecule is CCn1cc(C(=O)NC2C(=O)N3C(C(=O)O)=C(CSc4nnnn4C)CS[C@@H]23)c(=O)c2cc(F)c(Cl)cc21. The average Bonchev–Trinajstić information content (AvgIpc) is 3.31. The Morgan fingerprint density at radius 2 is 2.11 bits per heavy atom. The van der Waals surface area contributed by atoms with Gasteiger partial charge in [0.25, 0.3) is 11.8 Å². The number of β-lactam (4-membered cyclic amide) rings is 1. The number of aromatic nitrogens is 5. The number of hydrogen-bond donors (Lipinski definition) is 2. The van der Waals surface area contributed by atoms with E-state index in [1.54, 1.807) is 18.5 Å². The molecule has 2 amide bonds. The van der Waals surface area contributed by atoms with E-state index in [1.807, 2.05) is 0 Å². The highest BCUT2D eigenvalue weighted by Crippen LogP contribution is 2.41. The molecule has 0 bridgehead atoms. The third kappa shape index (κ3) is 4.33. The first kappa shape index (κ1) is 26.2. The van der Waals surface area contributed by atoms with Gasteiger partial charge in [0.05, 0.1) is 10.5 Å². The third-order valence-corrected chi connectivity index (χ3v) is 8.93. The third-order valence-electron chi connectivity index (χ3n) is 6.20. The van der Waals surface area contributed by atoms with Crippen LogP contribution >= 0.6 is 35.1 Å². The van der Waals surface area contributed by atoms with Crippen molar-refractivity contribution in [3.63, 3.8) is 0 Å². The monoisotopic (exact) mass is 579 g/mol. The number of tetrazole rings is 1. The van der Waals surface area contributed by atoms with Crippen molar-refractivity contribution in [2.45, 2.75) is 30.0 Å². The Balaban J connectivity index is 1.39. The molecule has 38 heavy (non-hydrogen) atoms. The van der Waals surface area contributed by atoms with Gasteiger partial charge in [-0.1, -0.05) is 23.4 Å². The van der Waals surface area contributed by atoms with E-state index in [4.69, 9.17) is 11.6 Å². The maximum Gasteiger partial charge on any atom is 0.352 e. The van der Waals surface area contributed by atoms with Gasteiger partial charge in [0.15, 0.2) is 0 Å². The van der Waals surface area contributed by atoms with Crippen molar-refractivity contribution in [2.24, 2.45) is 7.05 Å². The highest BCUT2D eigenvalue weighted by atomic mass is 35.5. The number of hydrogen-bond acceptors (Lipinski definition) is 9. The van der Waals surface area contributed by atoms with E-state index in [-0.39, 0.29) is 27.4 Å². The van der Waals surface area contributed by atoms with Gasteiger partial charge in [-0.25, -0.2) is 13.9 Å². The summed E-state index contributed by atoms with van der Waals surface area (Å²) in [5.74, 6) is -2.92. The van der Waals surface area contributed by atoms with E-state index in [2.05, 4.69) is 20.8 Å². The number of carbonyl (C=O) groups is 3. The Hall–Kier alpha value is -3.43. The molecule has 1 unspecified atom stereocenters. The highest BCUT2D eigenvalue weighted by Gasteiger charge is 2.54. The summed E-state index contributed by atoms with van der Waals surface area (Å²) in [6.07, 6.45) is 1.34. The molecule has 0 radical (unpaired) electrons. The summed E-state index contributed by atoms with van der Waals surface area (Å²) in [5, 5.41) is 23.2. The van der Waals surface area contributed by atoms with Crippen molar-refractivity contribution in [2.75, 3.05) is 11.5 Å². The Labute approximate surface area is 227 Å². The molecule has 12 nitrogen and oxygen atoms in total. The molecule has 16 heteroatoms. The first-order chi connectivity index (χ1) is 18.1. The van der Waals surface area contributed by atoms with Crippen LogP contribution in [0.1, 0.15) is 17.3 Å². The number of halogens is 2. The van der Waals surface area contributed by atoms with E-state index in [0.717, 1.165) is 11.0 Å². The van der Waals surface area contributed by atoms with E-state index in [1.165, 1.54) is 40.5 Å². The number of carbonyl (C=O) groups excluding carboxylic acids is 2. The van der Waals surface area contributed by atoms with Crippen LogP contribution in [-0.4, -0.2) is 75.5 Å². The molecular weight excluding hydrogens is 561 g/mol. The summed E-state index contributed by atoms with van der Waals surface area (Å²) in [4.78, 5) is 52.4. The van der Waals surface area contributed by atoms with Gasteiger partial charge in [0.1, 0.15) is 28.5 Å². The summed E-state index contributed by atoms with van der Waals surface area (Å²) in [6.45, 7) is 2.15. The van der Waals surface area contributed by atoms with Crippen LogP contribution < -0.4 is 10.7 Å². The highest BCUT2D eigenvalue weighted by molar-refractivity contribution is 8.01. The Morgan fingerprint density at radius 1 is 1.34 bits per heavy atom. The smallest absolute Gasteiger partial charge is 0.352 e. The molecule has 3 aromatic rings. The number of aliphatic carboxylic acids is 1. The second-order valence-corrected chi connectivity index (χ2v) is 10.9. The number of nitrogens with zero attached hydrogens (tertiary/aromatic N) is 6. The molecule has 1 aromatic carbocycles. The number of rotatable bonds is 7. The number of aryl methyl sites for hydroxylation is 2. The topological polar surface area (TPSA) is 152 Å². The summed E-state index contributed by atoms with van der Waals surface area (Å²) in [7, 11) is 1.66. The lowest BCUT2D eigenvalue weighted by molar-refractivity contribution is -0.148. The maximum atomic E-state index is 14.1. The first-order valence-electron chi connectivity index (χ1n) is 11.2. The lowest BCUT2D eigenvalue weighted by Crippen LogP contribution is -2.70. The number of amides is 2. The van der Waals surface area contributed by atoms with Crippen LogP contribution in [0.15, 0.2) is 39.6 Å². The van der Waals surface area contributed by atoms with Gasteiger partial charge in [-0.2, -0.15) is 0 Å². The van der Waals surface area contributed by atoms with Crippen LogP contribution in [0.2, 0.25) is 5.02 Å². The van der Waals surface area contributed by atoms with Crippen molar-refractivity contribution in [3.8, 4) is 0 Å². The van der Waals surface area contributed by atoms with Crippen molar-refractivity contribution in [1.82, 2.24) is 35.0 Å². The molecule has 2 aliphatic rings. The van der Waals surface area contributed by atoms with Gasteiger partial charge in [-0.3, -0.25) is 19.3 Å². The van der Waals surface area contributed by atoms with Crippen molar-refractivity contribution >= 4 is 63.8 Å².